The summed E-state index contributed by atoms with van der Waals surface area (Å²) in [6.45, 7) is 2.09. The number of hydrogen-bond donors (Lipinski definition) is 1. The smallest absolute Gasteiger partial charge is 0.183 e. The minimum atomic E-state index is 0.883. The van der Waals surface area contributed by atoms with Gasteiger partial charge in [0.25, 0.3) is 0 Å². The molecule has 0 unspecified atom stereocenters. The molecule has 2 nitrogen and oxygen atoms in total. The summed E-state index contributed by atoms with van der Waals surface area (Å²) in [4.78, 5) is 4.40. The number of aryl methyl sites for hydroxylation is 1. The SMILES string of the molecule is CNc1nc(C)c(SC2CC2)s1. The first-order chi connectivity index (χ1) is 5.79. The van der Waals surface area contributed by atoms with Crippen LogP contribution in [0.4, 0.5) is 5.13 Å². The van der Waals surface area contributed by atoms with E-state index >= 15 is 0 Å². The molecule has 1 aromatic heterocycles. The molecule has 66 valence electrons. The van der Waals surface area contributed by atoms with Crippen molar-refractivity contribution in [3.63, 3.8) is 0 Å². The third kappa shape index (κ3) is 1.75. The highest BCUT2D eigenvalue weighted by atomic mass is 32.2. The molecule has 1 N–H and O–H groups in total. The average molecular weight is 200 g/mol. The first-order valence-electron chi connectivity index (χ1n) is 4.11. The fourth-order valence-corrected chi connectivity index (χ4v) is 3.32. The Hall–Kier alpha value is -0.220. The molecule has 0 amide bonds. The second-order valence-corrected chi connectivity index (χ2v) is 5.53. The summed E-state index contributed by atoms with van der Waals surface area (Å²) in [6, 6.07) is 0. The van der Waals surface area contributed by atoms with Crippen molar-refractivity contribution < 1.29 is 0 Å². The molecular weight excluding hydrogens is 188 g/mol. The van der Waals surface area contributed by atoms with Crippen LogP contribution in [0.1, 0.15) is 18.5 Å². The number of thioether (sulfide) groups is 1. The van der Waals surface area contributed by atoms with Crippen LogP contribution in [0.15, 0.2) is 4.21 Å². The molecule has 0 bridgehead atoms. The highest BCUT2D eigenvalue weighted by molar-refractivity contribution is 8.02. The van der Waals surface area contributed by atoms with Crippen molar-refractivity contribution in [3.05, 3.63) is 5.69 Å². The molecule has 0 spiro atoms. The quantitative estimate of drug-likeness (QED) is 0.812. The maximum atomic E-state index is 4.40. The van der Waals surface area contributed by atoms with Gasteiger partial charge in [0.1, 0.15) is 0 Å². The lowest BCUT2D eigenvalue weighted by Crippen LogP contribution is -1.84. The minimum Gasteiger partial charge on any atom is -0.365 e. The van der Waals surface area contributed by atoms with Crippen LogP contribution in [0, 0.1) is 6.92 Å². The molecule has 12 heavy (non-hydrogen) atoms. The van der Waals surface area contributed by atoms with Crippen LogP contribution in [0.2, 0.25) is 0 Å². The zero-order chi connectivity index (χ0) is 8.55. The lowest BCUT2D eigenvalue weighted by atomic mass is 10.6. The number of hydrogen-bond acceptors (Lipinski definition) is 4. The fraction of sp³-hybridized carbons (Fsp3) is 0.625. The van der Waals surface area contributed by atoms with E-state index < -0.39 is 0 Å². The summed E-state index contributed by atoms with van der Waals surface area (Å²) in [5.74, 6) is 0. The van der Waals surface area contributed by atoms with E-state index in [1.54, 1.807) is 11.3 Å². The van der Waals surface area contributed by atoms with E-state index in [1.807, 2.05) is 18.8 Å². The van der Waals surface area contributed by atoms with Crippen molar-refractivity contribution in [2.24, 2.45) is 0 Å². The van der Waals surface area contributed by atoms with Gasteiger partial charge < -0.3 is 5.32 Å². The lowest BCUT2D eigenvalue weighted by Gasteiger charge is -1.92. The Morgan fingerprint density at radius 2 is 2.33 bits per heavy atom. The van der Waals surface area contributed by atoms with Crippen LogP contribution < -0.4 is 5.32 Å². The van der Waals surface area contributed by atoms with Gasteiger partial charge in [-0.2, -0.15) is 0 Å². The van der Waals surface area contributed by atoms with E-state index in [0.29, 0.717) is 0 Å². The summed E-state index contributed by atoms with van der Waals surface area (Å²) < 4.78 is 1.39. The Bertz CT molecular complexity index is 279. The molecule has 1 aromatic rings. The van der Waals surface area contributed by atoms with Gasteiger partial charge >= 0.3 is 0 Å². The van der Waals surface area contributed by atoms with Gasteiger partial charge in [0.15, 0.2) is 5.13 Å². The number of nitrogens with zero attached hydrogens (tertiary/aromatic N) is 1. The summed E-state index contributed by atoms with van der Waals surface area (Å²) in [5, 5.41) is 5.00. The van der Waals surface area contributed by atoms with Crippen molar-refractivity contribution >= 4 is 28.2 Å². The Morgan fingerprint density at radius 1 is 1.58 bits per heavy atom. The van der Waals surface area contributed by atoms with Gasteiger partial charge in [-0.3, -0.25) is 0 Å². The first-order valence-corrected chi connectivity index (χ1v) is 5.81. The first kappa shape index (κ1) is 8.38. The highest BCUT2D eigenvalue weighted by Gasteiger charge is 2.24. The second kappa shape index (κ2) is 3.26. The van der Waals surface area contributed by atoms with Crippen molar-refractivity contribution in [1.29, 1.82) is 0 Å². The predicted molar refractivity (Wildman–Crippen MR) is 55.3 cm³/mol. The van der Waals surface area contributed by atoms with Crippen LogP contribution in [0.25, 0.3) is 0 Å². The molecule has 1 saturated carbocycles. The Kier molecular flexibility index (Phi) is 2.28. The maximum Gasteiger partial charge on any atom is 0.183 e. The molecule has 0 saturated heterocycles. The van der Waals surface area contributed by atoms with Crippen molar-refractivity contribution in [2.75, 3.05) is 12.4 Å². The zero-order valence-electron chi connectivity index (χ0n) is 7.26. The van der Waals surface area contributed by atoms with Gasteiger partial charge in [0.2, 0.25) is 0 Å². The molecule has 0 radical (unpaired) electrons. The zero-order valence-corrected chi connectivity index (χ0v) is 8.89. The van der Waals surface area contributed by atoms with Crippen LogP contribution in [0.3, 0.4) is 0 Å². The van der Waals surface area contributed by atoms with E-state index in [9.17, 15) is 0 Å². The van der Waals surface area contributed by atoms with E-state index in [2.05, 4.69) is 17.2 Å². The van der Waals surface area contributed by atoms with Crippen LogP contribution in [-0.4, -0.2) is 17.3 Å². The topological polar surface area (TPSA) is 24.9 Å². The molecule has 0 atom stereocenters. The highest BCUT2D eigenvalue weighted by Crippen LogP contribution is 2.43. The fourth-order valence-electron chi connectivity index (χ4n) is 0.936. The molecule has 4 heteroatoms. The minimum absolute atomic E-state index is 0.883. The van der Waals surface area contributed by atoms with E-state index in [1.165, 1.54) is 22.7 Å². The number of thiazole rings is 1. The van der Waals surface area contributed by atoms with Crippen LogP contribution in [-0.2, 0) is 0 Å². The van der Waals surface area contributed by atoms with Gasteiger partial charge in [-0.1, -0.05) is 11.3 Å². The van der Waals surface area contributed by atoms with Gasteiger partial charge in [0, 0.05) is 12.3 Å². The summed E-state index contributed by atoms with van der Waals surface area (Å²) >= 11 is 3.76. The number of rotatable bonds is 3. The summed E-state index contributed by atoms with van der Waals surface area (Å²) in [6.07, 6.45) is 2.77. The largest absolute Gasteiger partial charge is 0.365 e. The molecular formula is C8H12N2S2. The molecule has 1 aliphatic carbocycles. The Morgan fingerprint density at radius 3 is 2.83 bits per heavy atom. The monoisotopic (exact) mass is 200 g/mol. The van der Waals surface area contributed by atoms with Gasteiger partial charge in [-0.05, 0) is 19.8 Å². The summed E-state index contributed by atoms with van der Waals surface area (Å²) in [7, 11) is 1.92. The third-order valence-corrected chi connectivity index (χ3v) is 4.59. The Balaban J connectivity index is 2.12. The van der Waals surface area contributed by atoms with Gasteiger partial charge in [-0.25, -0.2) is 4.98 Å². The Labute approximate surface area is 80.8 Å². The second-order valence-electron chi connectivity index (χ2n) is 2.96. The van der Waals surface area contributed by atoms with Crippen molar-refractivity contribution in [3.8, 4) is 0 Å². The normalized spacial score (nSPS) is 16.5. The lowest BCUT2D eigenvalue weighted by molar-refractivity contribution is 1.20. The van der Waals surface area contributed by atoms with Crippen LogP contribution in [0.5, 0.6) is 0 Å². The number of anilines is 1. The van der Waals surface area contributed by atoms with Gasteiger partial charge in [-0.15, -0.1) is 11.8 Å². The van der Waals surface area contributed by atoms with Crippen molar-refractivity contribution in [2.45, 2.75) is 29.2 Å². The number of nitrogens with one attached hydrogen (secondary N) is 1. The molecule has 1 fully saturated rings. The van der Waals surface area contributed by atoms with E-state index in [-0.39, 0.29) is 0 Å². The third-order valence-electron chi connectivity index (χ3n) is 1.77. The van der Waals surface area contributed by atoms with Gasteiger partial charge in [0.05, 0.1) is 9.90 Å². The van der Waals surface area contributed by atoms with E-state index in [0.717, 1.165) is 10.4 Å². The van der Waals surface area contributed by atoms with E-state index in [4.69, 9.17) is 0 Å². The average Bonchev–Trinajstić information content (AvgIpc) is 2.78. The molecule has 1 aliphatic rings. The molecule has 0 aromatic carbocycles. The maximum absolute atomic E-state index is 4.40. The predicted octanol–water partition coefficient (Wildman–Crippen LogP) is 2.75. The molecule has 1 heterocycles. The molecule has 0 aliphatic heterocycles. The summed E-state index contributed by atoms with van der Waals surface area (Å²) in [5.41, 5.74) is 1.18. The molecule has 2 rings (SSSR count). The van der Waals surface area contributed by atoms with Crippen molar-refractivity contribution in [1.82, 2.24) is 4.98 Å². The standard InChI is InChI=1S/C8H12N2S2/c1-5-7(11-6-3-4-6)12-8(9-2)10-5/h6H,3-4H2,1-2H3,(H,9,10). The number of aromatic nitrogens is 1. The van der Waals surface area contributed by atoms with Crippen LogP contribution >= 0.6 is 23.1 Å².